The molecule has 1 aromatic heterocycles. The van der Waals surface area contributed by atoms with Crippen LogP contribution in [0.25, 0.3) is 34.2 Å². The summed E-state index contributed by atoms with van der Waals surface area (Å²) in [6, 6.07) is 7.37. The molecule has 0 bridgehead atoms. The van der Waals surface area contributed by atoms with Crippen LogP contribution in [0.2, 0.25) is 0 Å². The minimum absolute atomic E-state index is 0.309. The third-order valence-corrected chi connectivity index (χ3v) is 5.71. The van der Waals surface area contributed by atoms with Crippen LogP contribution in [0.4, 0.5) is 5.69 Å². The molecule has 0 unspecified atom stereocenters. The third kappa shape index (κ3) is 3.00. The van der Waals surface area contributed by atoms with E-state index in [-0.39, 0.29) is 11.9 Å². The van der Waals surface area contributed by atoms with E-state index in [4.69, 9.17) is 19.2 Å². The first-order valence-corrected chi connectivity index (χ1v) is 10.6. The molecular formula is C25H22N2O5. The van der Waals surface area contributed by atoms with Crippen molar-refractivity contribution in [2.75, 3.05) is 20.3 Å². The molecule has 162 valence electrons. The Balaban J connectivity index is 1.72. The number of carbonyl (C=O) groups is 2. The fourth-order valence-electron chi connectivity index (χ4n) is 4.29. The number of hydrogen-bond donors (Lipinski definition) is 1. The normalized spacial score (nSPS) is 13.3. The van der Waals surface area contributed by atoms with Gasteiger partial charge in [-0.3, -0.25) is 0 Å². The molecule has 2 aromatic carbocycles. The molecule has 32 heavy (non-hydrogen) atoms. The van der Waals surface area contributed by atoms with Crippen LogP contribution in [0, 0.1) is 0 Å². The van der Waals surface area contributed by atoms with Crippen molar-refractivity contribution in [2.45, 2.75) is 20.3 Å². The number of carbonyl (C=O) groups excluding carboxylic acids is 2. The van der Waals surface area contributed by atoms with Gasteiger partial charge in [-0.25, -0.2) is 14.6 Å². The largest absolute Gasteiger partial charge is 0.492 e. The van der Waals surface area contributed by atoms with Crippen molar-refractivity contribution < 1.29 is 23.8 Å². The predicted molar refractivity (Wildman–Crippen MR) is 120 cm³/mol. The number of hydrogen-bond acceptors (Lipinski definition) is 6. The summed E-state index contributed by atoms with van der Waals surface area (Å²) >= 11 is 0. The van der Waals surface area contributed by atoms with Gasteiger partial charge in [0, 0.05) is 33.0 Å². The Labute approximate surface area is 184 Å². The zero-order valence-corrected chi connectivity index (χ0v) is 18.1. The van der Waals surface area contributed by atoms with Crippen LogP contribution >= 0.6 is 0 Å². The lowest BCUT2D eigenvalue weighted by molar-refractivity contribution is -0.138. The van der Waals surface area contributed by atoms with Gasteiger partial charge in [-0.1, -0.05) is 6.08 Å². The van der Waals surface area contributed by atoms with Crippen LogP contribution in [0.1, 0.15) is 36.2 Å². The Hall–Kier alpha value is -3.87. The molecule has 1 N–H and O–H groups in total. The molecule has 1 aliphatic heterocycles. The van der Waals surface area contributed by atoms with E-state index in [1.807, 2.05) is 24.3 Å². The van der Waals surface area contributed by atoms with E-state index in [0.717, 1.165) is 38.6 Å². The monoisotopic (exact) mass is 430 g/mol. The van der Waals surface area contributed by atoms with Crippen LogP contribution in [0.3, 0.4) is 0 Å². The molecule has 7 nitrogen and oxygen atoms in total. The average molecular weight is 430 g/mol. The van der Waals surface area contributed by atoms with E-state index in [2.05, 4.69) is 4.98 Å². The first-order chi connectivity index (χ1) is 15.5. The number of aromatic amines is 1. The van der Waals surface area contributed by atoms with Gasteiger partial charge in [-0.15, -0.1) is 0 Å². The number of fused-ring (bicyclic) bond motifs is 6. The number of rotatable bonds is 5. The van der Waals surface area contributed by atoms with Gasteiger partial charge in [0.05, 0.1) is 37.1 Å². The summed E-state index contributed by atoms with van der Waals surface area (Å²) in [7, 11) is 1.61. The van der Waals surface area contributed by atoms with E-state index in [1.54, 1.807) is 33.1 Å². The maximum Gasteiger partial charge on any atom is 0.338 e. The van der Waals surface area contributed by atoms with Gasteiger partial charge in [-0.05, 0) is 50.6 Å². The molecule has 5 rings (SSSR count). The summed E-state index contributed by atoms with van der Waals surface area (Å²) in [5.74, 6) is -0.0519. The molecule has 1 aliphatic carbocycles. The molecule has 0 radical (unpaired) electrons. The number of esters is 2. The van der Waals surface area contributed by atoms with Gasteiger partial charge in [0.1, 0.15) is 5.36 Å². The summed E-state index contributed by atoms with van der Waals surface area (Å²) in [6.45, 7) is 4.22. The molecule has 0 atom stereocenters. The fraction of sp³-hybridized carbons (Fsp3) is 0.240. The predicted octanol–water partition coefficient (Wildman–Crippen LogP) is 3.42. The molecule has 7 heteroatoms. The number of H-pyrrole nitrogens is 1. The van der Waals surface area contributed by atoms with Crippen LogP contribution < -0.4 is 15.4 Å². The van der Waals surface area contributed by atoms with E-state index in [0.29, 0.717) is 41.9 Å². The van der Waals surface area contributed by atoms with Gasteiger partial charge < -0.3 is 19.2 Å². The second-order valence-electron chi connectivity index (χ2n) is 7.54. The van der Waals surface area contributed by atoms with Crippen LogP contribution in [-0.2, 0) is 14.3 Å². The molecule has 0 saturated carbocycles. The lowest BCUT2D eigenvalue weighted by Crippen LogP contribution is -2.14. The van der Waals surface area contributed by atoms with Crippen molar-refractivity contribution in [2.24, 2.45) is 4.99 Å². The molecule has 0 spiro atoms. The number of nitrogens with one attached hydrogen (secondary N) is 1. The highest BCUT2D eigenvalue weighted by Gasteiger charge is 2.24. The Morgan fingerprint density at radius 1 is 1.06 bits per heavy atom. The Morgan fingerprint density at radius 3 is 2.59 bits per heavy atom. The number of nitrogens with zero attached hydrogens (tertiary/aromatic N) is 1. The lowest BCUT2D eigenvalue weighted by Gasteiger charge is -2.09. The van der Waals surface area contributed by atoms with Gasteiger partial charge in [0.15, 0.2) is 5.75 Å². The van der Waals surface area contributed by atoms with E-state index in [1.165, 1.54) is 0 Å². The number of ether oxygens (including phenoxy) is 3. The average Bonchev–Trinajstić information content (AvgIpc) is 3.35. The summed E-state index contributed by atoms with van der Waals surface area (Å²) in [5.41, 5.74) is 5.28. The Kier molecular flexibility index (Phi) is 4.81. The molecule has 2 heterocycles. The molecule has 0 saturated heterocycles. The highest BCUT2D eigenvalue weighted by Crippen LogP contribution is 2.39. The van der Waals surface area contributed by atoms with Crippen molar-refractivity contribution >= 4 is 40.7 Å². The minimum Gasteiger partial charge on any atom is -0.492 e. The Bertz CT molecular complexity index is 1450. The molecule has 0 amide bonds. The van der Waals surface area contributed by atoms with Crippen molar-refractivity contribution in [1.29, 1.82) is 0 Å². The van der Waals surface area contributed by atoms with Gasteiger partial charge in [-0.2, -0.15) is 0 Å². The van der Waals surface area contributed by atoms with E-state index in [9.17, 15) is 9.59 Å². The maximum atomic E-state index is 12.3. The number of methoxy groups -OCH3 is 1. The van der Waals surface area contributed by atoms with E-state index >= 15 is 0 Å². The summed E-state index contributed by atoms with van der Waals surface area (Å²) < 4.78 is 16.1. The van der Waals surface area contributed by atoms with Crippen LogP contribution in [0.15, 0.2) is 34.8 Å². The van der Waals surface area contributed by atoms with Crippen molar-refractivity contribution in [3.63, 3.8) is 0 Å². The summed E-state index contributed by atoms with van der Waals surface area (Å²) in [5, 5.41) is 2.55. The molecule has 3 aromatic rings. The van der Waals surface area contributed by atoms with E-state index < -0.39 is 0 Å². The molecular weight excluding hydrogens is 408 g/mol. The standard InChI is InChI=1S/C25H22N2O5/c1-4-31-24(28)13-6-8-19-15(10-13)17-12-18-16-11-14(25(29)32-5-2)7-9-20(16)27-22(18)23(30-3)21(17)26-19/h6,8-12,27H,4-5,7H2,1-3H3. The lowest BCUT2D eigenvalue weighted by atomic mass is 9.97. The van der Waals surface area contributed by atoms with Crippen molar-refractivity contribution in [3.8, 4) is 16.9 Å². The Morgan fingerprint density at radius 2 is 1.84 bits per heavy atom. The third-order valence-electron chi connectivity index (χ3n) is 5.71. The maximum absolute atomic E-state index is 12.3. The first kappa shape index (κ1) is 20.1. The number of aromatic nitrogens is 1. The van der Waals surface area contributed by atoms with Crippen LogP contribution in [-0.4, -0.2) is 37.2 Å². The zero-order chi connectivity index (χ0) is 22.4. The molecule has 0 fully saturated rings. The zero-order valence-electron chi connectivity index (χ0n) is 18.1. The van der Waals surface area contributed by atoms with Gasteiger partial charge in [0.25, 0.3) is 0 Å². The first-order valence-electron chi connectivity index (χ1n) is 10.6. The summed E-state index contributed by atoms with van der Waals surface area (Å²) in [6.07, 6.45) is 4.35. The SMILES string of the molecule is CCOC(=O)C1=Cc2c([nH]c3c(OC)c4c(cc23)-c2cc(C(=O)OCC)ccc2N=4)=CC1. The quantitative estimate of drug-likeness (QED) is 0.490. The highest BCUT2D eigenvalue weighted by molar-refractivity contribution is 6.04. The fourth-order valence-corrected chi connectivity index (χ4v) is 4.29. The van der Waals surface area contributed by atoms with Crippen molar-refractivity contribution in [1.82, 2.24) is 4.98 Å². The highest BCUT2D eigenvalue weighted by atomic mass is 16.5. The minimum atomic E-state index is -0.368. The van der Waals surface area contributed by atoms with Gasteiger partial charge >= 0.3 is 11.9 Å². The smallest absolute Gasteiger partial charge is 0.338 e. The summed E-state index contributed by atoms with van der Waals surface area (Å²) in [4.78, 5) is 32.7. The second kappa shape index (κ2) is 7.67. The van der Waals surface area contributed by atoms with Gasteiger partial charge in [0.2, 0.25) is 0 Å². The second-order valence-corrected chi connectivity index (χ2v) is 7.54. The number of benzene rings is 2. The van der Waals surface area contributed by atoms with Crippen molar-refractivity contribution in [3.05, 3.63) is 51.7 Å². The topological polar surface area (TPSA) is 90.0 Å². The van der Waals surface area contributed by atoms with Crippen LogP contribution in [0.5, 0.6) is 5.75 Å². The molecule has 2 aliphatic rings.